The van der Waals surface area contributed by atoms with Crippen molar-refractivity contribution in [1.29, 1.82) is 0 Å². The number of ether oxygens (including phenoxy) is 2. The van der Waals surface area contributed by atoms with Gasteiger partial charge in [0.25, 0.3) is 0 Å². The SMILES string of the molecule is FC(F)(F)C1CCCC(N2CCCOCNCOC2)C1. The fourth-order valence-corrected chi connectivity index (χ4v) is 2.94. The lowest BCUT2D eigenvalue weighted by molar-refractivity contribution is -0.188. The quantitative estimate of drug-likeness (QED) is 0.805. The van der Waals surface area contributed by atoms with Gasteiger partial charge in [0, 0.05) is 19.2 Å². The molecular formula is C13H23F3N2O2. The van der Waals surface area contributed by atoms with E-state index in [9.17, 15) is 13.2 Å². The van der Waals surface area contributed by atoms with Crippen LogP contribution in [0.15, 0.2) is 0 Å². The van der Waals surface area contributed by atoms with E-state index in [2.05, 4.69) is 5.32 Å². The fraction of sp³-hybridized carbons (Fsp3) is 1.00. The van der Waals surface area contributed by atoms with Gasteiger partial charge in [-0.3, -0.25) is 10.2 Å². The molecule has 0 aromatic rings. The van der Waals surface area contributed by atoms with Crippen molar-refractivity contribution in [2.45, 2.75) is 44.3 Å². The maximum atomic E-state index is 12.9. The van der Waals surface area contributed by atoms with Crippen LogP contribution in [-0.4, -0.2) is 50.5 Å². The second-order valence-corrected chi connectivity index (χ2v) is 5.51. The van der Waals surface area contributed by atoms with Gasteiger partial charge in [-0.2, -0.15) is 13.2 Å². The third-order valence-corrected chi connectivity index (χ3v) is 4.03. The van der Waals surface area contributed by atoms with E-state index in [4.69, 9.17) is 9.47 Å². The largest absolute Gasteiger partial charge is 0.391 e. The summed E-state index contributed by atoms with van der Waals surface area (Å²) in [7, 11) is 0. The van der Waals surface area contributed by atoms with E-state index in [1.54, 1.807) is 0 Å². The number of hydrogen-bond acceptors (Lipinski definition) is 4. The molecule has 1 aliphatic heterocycles. The van der Waals surface area contributed by atoms with Crippen LogP contribution in [0, 0.1) is 5.92 Å². The first kappa shape index (κ1) is 16.0. The number of nitrogens with one attached hydrogen (secondary N) is 1. The van der Waals surface area contributed by atoms with Crippen LogP contribution in [0.3, 0.4) is 0 Å². The summed E-state index contributed by atoms with van der Waals surface area (Å²) in [5.41, 5.74) is 0. The molecule has 7 heteroatoms. The van der Waals surface area contributed by atoms with Crippen molar-refractivity contribution in [2.75, 3.05) is 33.3 Å². The van der Waals surface area contributed by atoms with Crippen LogP contribution in [0.1, 0.15) is 32.1 Å². The Morgan fingerprint density at radius 1 is 1.05 bits per heavy atom. The second-order valence-electron chi connectivity index (χ2n) is 5.51. The highest BCUT2D eigenvalue weighted by Gasteiger charge is 2.43. The molecule has 2 fully saturated rings. The van der Waals surface area contributed by atoms with Crippen LogP contribution in [0.4, 0.5) is 13.2 Å². The highest BCUT2D eigenvalue weighted by atomic mass is 19.4. The molecular weight excluding hydrogens is 273 g/mol. The standard InChI is InChI=1S/C13H23F3N2O2/c14-13(15,16)11-3-1-4-12(7-11)18-5-2-6-19-8-17-9-20-10-18/h11-12,17H,1-10H2. The molecule has 4 nitrogen and oxygen atoms in total. The number of halogens is 3. The van der Waals surface area contributed by atoms with Crippen LogP contribution in [0.2, 0.25) is 0 Å². The molecule has 2 atom stereocenters. The first-order valence-electron chi connectivity index (χ1n) is 7.24. The molecule has 1 saturated heterocycles. The molecule has 0 radical (unpaired) electrons. The molecule has 0 bridgehead atoms. The number of hydrogen-bond donors (Lipinski definition) is 1. The summed E-state index contributed by atoms with van der Waals surface area (Å²) in [4.78, 5) is 2.04. The summed E-state index contributed by atoms with van der Waals surface area (Å²) in [6.45, 7) is 2.57. The zero-order chi connectivity index (χ0) is 14.4. The third-order valence-electron chi connectivity index (χ3n) is 4.03. The zero-order valence-corrected chi connectivity index (χ0v) is 11.6. The van der Waals surface area contributed by atoms with Crippen LogP contribution in [0.5, 0.6) is 0 Å². The molecule has 20 heavy (non-hydrogen) atoms. The van der Waals surface area contributed by atoms with Gasteiger partial charge in [0.05, 0.1) is 12.6 Å². The number of alkyl halides is 3. The lowest BCUT2D eigenvalue weighted by atomic mass is 9.84. The second kappa shape index (κ2) is 7.59. The smallest absolute Gasteiger partial charge is 0.366 e. The van der Waals surface area contributed by atoms with Gasteiger partial charge in [-0.05, 0) is 25.7 Å². The van der Waals surface area contributed by atoms with E-state index < -0.39 is 12.1 Å². The summed E-state index contributed by atoms with van der Waals surface area (Å²) < 4.78 is 49.4. The molecule has 0 aromatic carbocycles. The van der Waals surface area contributed by atoms with Gasteiger partial charge in [0.1, 0.15) is 13.5 Å². The highest BCUT2D eigenvalue weighted by Crippen LogP contribution is 2.39. The Morgan fingerprint density at radius 2 is 1.85 bits per heavy atom. The summed E-state index contributed by atoms with van der Waals surface area (Å²) in [5.74, 6) is -1.16. The topological polar surface area (TPSA) is 33.7 Å². The van der Waals surface area contributed by atoms with Gasteiger partial charge in [-0.15, -0.1) is 0 Å². The molecule has 1 N–H and O–H groups in total. The lowest BCUT2D eigenvalue weighted by Crippen LogP contribution is -2.44. The minimum atomic E-state index is -4.07. The predicted molar refractivity (Wildman–Crippen MR) is 67.9 cm³/mol. The average molecular weight is 296 g/mol. The van der Waals surface area contributed by atoms with Crippen LogP contribution < -0.4 is 5.32 Å². The summed E-state index contributed by atoms with van der Waals surface area (Å²) >= 11 is 0. The minimum absolute atomic E-state index is 0.0326. The predicted octanol–water partition coefficient (Wildman–Crippen LogP) is 2.31. The maximum Gasteiger partial charge on any atom is 0.391 e. The van der Waals surface area contributed by atoms with Crippen molar-refractivity contribution in [2.24, 2.45) is 5.92 Å². The molecule has 2 rings (SSSR count). The summed E-state index contributed by atoms with van der Waals surface area (Å²) in [6.07, 6.45) is -1.33. The third kappa shape index (κ3) is 4.87. The molecule has 1 saturated carbocycles. The monoisotopic (exact) mass is 296 g/mol. The van der Waals surface area contributed by atoms with Crippen molar-refractivity contribution in [3.05, 3.63) is 0 Å². The fourth-order valence-electron chi connectivity index (χ4n) is 2.94. The van der Waals surface area contributed by atoms with E-state index in [-0.39, 0.29) is 18.9 Å². The van der Waals surface area contributed by atoms with Gasteiger partial charge in [0.15, 0.2) is 0 Å². The average Bonchev–Trinajstić information content (AvgIpc) is 2.44. The Morgan fingerprint density at radius 3 is 2.65 bits per heavy atom. The molecule has 0 amide bonds. The van der Waals surface area contributed by atoms with Gasteiger partial charge in [0.2, 0.25) is 0 Å². The van der Waals surface area contributed by atoms with Gasteiger partial charge < -0.3 is 9.47 Å². The molecule has 2 aliphatic rings. The van der Waals surface area contributed by atoms with Gasteiger partial charge in [-0.1, -0.05) is 6.42 Å². The molecule has 0 aromatic heterocycles. The van der Waals surface area contributed by atoms with Crippen LogP contribution in [-0.2, 0) is 9.47 Å². The first-order valence-corrected chi connectivity index (χ1v) is 7.24. The lowest BCUT2D eigenvalue weighted by Gasteiger charge is -2.38. The number of nitrogens with zero attached hydrogens (tertiary/aromatic N) is 1. The van der Waals surface area contributed by atoms with E-state index in [0.29, 0.717) is 33.2 Å². The van der Waals surface area contributed by atoms with Gasteiger partial charge >= 0.3 is 6.18 Å². The maximum absolute atomic E-state index is 12.9. The molecule has 2 unspecified atom stereocenters. The van der Waals surface area contributed by atoms with Crippen molar-refractivity contribution in [3.63, 3.8) is 0 Å². The normalized spacial score (nSPS) is 31.9. The van der Waals surface area contributed by atoms with E-state index in [1.807, 2.05) is 4.90 Å². The highest BCUT2D eigenvalue weighted by molar-refractivity contribution is 4.83. The minimum Gasteiger partial charge on any atom is -0.366 e. The Labute approximate surface area is 117 Å². The molecule has 1 heterocycles. The first-order chi connectivity index (χ1) is 9.57. The van der Waals surface area contributed by atoms with Crippen molar-refractivity contribution < 1.29 is 22.6 Å². The molecule has 0 spiro atoms. The number of rotatable bonds is 1. The Bertz CT molecular complexity index is 279. The zero-order valence-electron chi connectivity index (χ0n) is 11.6. The van der Waals surface area contributed by atoms with Crippen LogP contribution in [0.25, 0.3) is 0 Å². The Balaban J connectivity index is 1.89. The molecule has 118 valence electrons. The van der Waals surface area contributed by atoms with E-state index in [1.165, 1.54) is 0 Å². The Kier molecular flexibility index (Phi) is 6.07. The van der Waals surface area contributed by atoms with Crippen molar-refractivity contribution in [3.8, 4) is 0 Å². The van der Waals surface area contributed by atoms with E-state index in [0.717, 1.165) is 19.4 Å². The Hall–Kier alpha value is -0.370. The summed E-state index contributed by atoms with van der Waals surface area (Å²) in [6, 6.07) is -0.0326. The van der Waals surface area contributed by atoms with E-state index >= 15 is 0 Å². The summed E-state index contributed by atoms with van der Waals surface area (Å²) in [5, 5.41) is 2.96. The van der Waals surface area contributed by atoms with Crippen molar-refractivity contribution in [1.82, 2.24) is 10.2 Å². The molecule has 1 aliphatic carbocycles. The van der Waals surface area contributed by atoms with Gasteiger partial charge in [-0.25, -0.2) is 0 Å². The van der Waals surface area contributed by atoms with Crippen LogP contribution >= 0.6 is 0 Å². The van der Waals surface area contributed by atoms with Crippen molar-refractivity contribution >= 4 is 0 Å².